The lowest BCUT2D eigenvalue weighted by Gasteiger charge is -2.10. The molecule has 2 rings (SSSR count). The van der Waals surface area contributed by atoms with Crippen molar-refractivity contribution in [2.75, 3.05) is 18.2 Å². The number of aryl methyl sites for hydroxylation is 1. The first-order chi connectivity index (χ1) is 9.51. The van der Waals surface area contributed by atoms with Crippen molar-refractivity contribution in [3.63, 3.8) is 0 Å². The predicted molar refractivity (Wildman–Crippen MR) is 81.5 cm³/mol. The van der Waals surface area contributed by atoms with Gasteiger partial charge in [-0.05, 0) is 42.8 Å². The minimum Gasteiger partial charge on any atom is -0.497 e. The van der Waals surface area contributed by atoms with Crippen LogP contribution in [-0.2, 0) is 0 Å². The van der Waals surface area contributed by atoms with Crippen molar-refractivity contribution in [3.8, 4) is 5.75 Å². The van der Waals surface area contributed by atoms with Gasteiger partial charge in [-0.3, -0.25) is 4.79 Å². The first kappa shape index (κ1) is 14.2. The third kappa shape index (κ3) is 3.03. The molecule has 0 aliphatic rings. The van der Waals surface area contributed by atoms with Gasteiger partial charge in [0.2, 0.25) is 0 Å². The number of nitrogens with one attached hydrogen (secondary N) is 1. The molecule has 4 nitrogen and oxygen atoms in total. The Bertz CT molecular complexity index is 656. The van der Waals surface area contributed by atoms with Gasteiger partial charge in [0.05, 0.1) is 17.8 Å². The van der Waals surface area contributed by atoms with Crippen LogP contribution in [0.2, 0.25) is 5.02 Å². The summed E-state index contributed by atoms with van der Waals surface area (Å²) in [7, 11) is 1.55. The Hall–Kier alpha value is -2.20. The number of anilines is 2. The molecule has 5 heteroatoms. The van der Waals surface area contributed by atoms with Crippen LogP contribution in [0.15, 0.2) is 36.4 Å². The summed E-state index contributed by atoms with van der Waals surface area (Å²) in [4.78, 5) is 12.2. The standard InChI is InChI=1S/C15H15ClN2O2/c1-9-7-10(3-6-13(9)17)15(19)18-14-8-11(20-2)4-5-12(14)16/h3-8H,17H2,1-2H3,(H,18,19). The van der Waals surface area contributed by atoms with Gasteiger partial charge in [0.1, 0.15) is 5.75 Å². The number of carbonyl (C=O) groups excluding carboxylic acids is 1. The van der Waals surface area contributed by atoms with E-state index in [1.54, 1.807) is 43.5 Å². The number of ether oxygens (including phenoxy) is 1. The number of benzene rings is 2. The zero-order valence-corrected chi connectivity index (χ0v) is 12.0. The summed E-state index contributed by atoms with van der Waals surface area (Å²) < 4.78 is 5.11. The first-order valence-corrected chi connectivity index (χ1v) is 6.40. The topological polar surface area (TPSA) is 64.3 Å². The van der Waals surface area contributed by atoms with Gasteiger partial charge in [0.15, 0.2) is 0 Å². The van der Waals surface area contributed by atoms with E-state index >= 15 is 0 Å². The maximum atomic E-state index is 12.2. The normalized spacial score (nSPS) is 10.2. The van der Waals surface area contributed by atoms with Gasteiger partial charge in [0, 0.05) is 17.3 Å². The number of hydrogen-bond donors (Lipinski definition) is 2. The molecule has 0 radical (unpaired) electrons. The van der Waals surface area contributed by atoms with Crippen LogP contribution in [0.3, 0.4) is 0 Å². The van der Waals surface area contributed by atoms with E-state index in [1.165, 1.54) is 0 Å². The highest BCUT2D eigenvalue weighted by Crippen LogP contribution is 2.27. The summed E-state index contributed by atoms with van der Waals surface area (Å²) in [6.45, 7) is 1.85. The second kappa shape index (κ2) is 5.84. The van der Waals surface area contributed by atoms with Gasteiger partial charge >= 0.3 is 0 Å². The summed E-state index contributed by atoms with van der Waals surface area (Å²) in [5.74, 6) is 0.376. The molecule has 0 aromatic heterocycles. The van der Waals surface area contributed by atoms with E-state index in [4.69, 9.17) is 22.1 Å². The van der Waals surface area contributed by atoms with E-state index in [1.807, 2.05) is 6.92 Å². The van der Waals surface area contributed by atoms with Gasteiger partial charge in [-0.2, -0.15) is 0 Å². The van der Waals surface area contributed by atoms with E-state index in [-0.39, 0.29) is 5.91 Å². The average Bonchev–Trinajstić information content (AvgIpc) is 2.44. The number of rotatable bonds is 3. The fourth-order valence-corrected chi connectivity index (χ4v) is 1.90. The molecule has 20 heavy (non-hydrogen) atoms. The third-order valence-corrected chi connectivity index (χ3v) is 3.28. The number of nitrogen functional groups attached to an aromatic ring is 1. The lowest BCUT2D eigenvalue weighted by Crippen LogP contribution is -2.12. The Balaban J connectivity index is 2.25. The van der Waals surface area contributed by atoms with E-state index in [2.05, 4.69) is 5.32 Å². The number of halogens is 1. The number of amides is 1. The highest BCUT2D eigenvalue weighted by Gasteiger charge is 2.10. The highest BCUT2D eigenvalue weighted by molar-refractivity contribution is 6.34. The van der Waals surface area contributed by atoms with Crippen molar-refractivity contribution in [1.82, 2.24) is 0 Å². The van der Waals surface area contributed by atoms with Crippen molar-refractivity contribution >= 4 is 28.9 Å². The third-order valence-electron chi connectivity index (χ3n) is 2.95. The summed E-state index contributed by atoms with van der Waals surface area (Å²) in [6.07, 6.45) is 0. The van der Waals surface area contributed by atoms with Crippen molar-refractivity contribution in [2.24, 2.45) is 0 Å². The van der Waals surface area contributed by atoms with E-state index in [0.717, 1.165) is 5.56 Å². The van der Waals surface area contributed by atoms with Gasteiger partial charge in [-0.25, -0.2) is 0 Å². The van der Waals surface area contributed by atoms with E-state index in [0.29, 0.717) is 27.7 Å². The summed E-state index contributed by atoms with van der Waals surface area (Å²) in [5.41, 5.74) is 8.27. The quantitative estimate of drug-likeness (QED) is 0.851. The lowest BCUT2D eigenvalue weighted by atomic mass is 10.1. The van der Waals surface area contributed by atoms with Gasteiger partial charge in [-0.15, -0.1) is 0 Å². The van der Waals surface area contributed by atoms with E-state index < -0.39 is 0 Å². The molecule has 0 fully saturated rings. The molecule has 0 saturated heterocycles. The zero-order valence-electron chi connectivity index (χ0n) is 11.2. The van der Waals surface area contributed by atoms with Crippen LogP contribution in [0.1, 0.15) is 15.9 Å². The molecule has 0 aliphatic heterocycles. The molecule has 1 amide bonds. The SMILES string of the molecule is COc1ccc(Cl)c(NC(=O)c2ccc(N)c(C)c2)c1. The van der Waals surface area contributed by atoms with Crippen LogP contribution in [0.4, 0.5) is 11.4 Å². The maximum Gasteiger partial charge on any atom is 0.255 e. The molecule has 0 heterocycles. The minimum atomic E-state index is -0.247. The Morgan fingerprint density at radius 2 is 2.00 bits per heavy atom. The lowest BCUT2D eigenvalue weighted by molar-refractivity contribution is 0.102. The second-order valence-electron chi connectivity index (χ2n) is 4.37. The number of hydrogen-bond acceptors (Lipinski definition) is 3. The molecule has 2 aromatic carbocycles. The Morgan fingerprint density at radius 3 is 2.65 bits per heavy atom. The molecule has 3 N–H and O–H groups in total. The van der Waals surface area contributed by atoms with Crippen LogP contribution < -0.4 is 15.8 Å². The second-order valence-corrected chi connectivity index (χ2v) is 4.78. The number of nitrogens with two attached hydrogens (primary N) is 1. The van der Waals surface area contributed by atoms with Crippen LogP contribution in [-0.4, -0.2) is 13.0 Å². The van der Waals surface area contributed by atoms with Crippen molar-refractivity contribution < 1.29 is 9.53 Å². The van der Waals surface area contributed by atoms with E-state index in [9.17, 15) is 4.79 Å². The minimum absolute atomic E-state index is 0.247. The monoisotopic (exact) mass is 290 g/mol. The van der Waals surface area contributed by atoms with Gasteiger partial charge in [-0.1, -0.05) is 11.6 Å². The summed E-state index contributed by atoms with van der Waals surface area (Å²) in [6, 6.07) is 10.2. The number of carbonyl (C=O) groups is 1. The summed E-state index contributed by atoms with van der Waals surface area (Å²) in [5, 5.41) is 3.21. The predicted octanol–water partition coefficient (Wildman–Crippen LogP) is 3.49. The molecule has 0 aliphatic carbocycles. The van der Waals surface area contributed by atoms with Crippen molar-refractivity contribution in [3.05, 3.63) is 52.5 Å². The smallest absolute Gasteiger partial charge is 0.255 e. The zero-order chi connectivity index (χ0) is 14.7. The van der Waals surface area contributed by atoms with Crippen molar-refractivity contribution in [1.29, 1.82) is 0 Å². The van der Waals surface area contributed by atoms with Crippen molar-refractivity contribution in [2.45, 2.75) is 6.92 Å². The average molecular weight is 291 g/mol. The molecule has 104 valence electrons. The Morgan fingerprint density at radius 1 is 1.25 bits per heavy atom. The molecule has 0 spiro atoms. The van der Waals surface area contributed by atoms with Crippen LogP contribution in [0.5, 0.6) is 5.75 Å². The fraction of sp³-hybridized carbons (Fsp3) is 0.133. The molecule has 0 saturated carbocycles. The Kier molecular flexibility index (Phi) is 4.15. The molecule has 0 atom stereocenters. The van der Waals surface area contributed by atoms with Crippen LogP contribution in [0, 0.1) is 6.92 Å². The molecule has 0 unspecified atom stereocenters. The first-order valence-electron chi connectivity index (χ1n) is 6.02. The molecular formula is C15H15ClN2O2. The highest BCUT2D eigenvalue weighted by atomic mass is 35.5. The van der Waals surface area contributed by atoms with Gasteiger partial charge < -0.3 is 15.8 Å². The molecular weight excluding hydrogens is 276 g/mol. The fourth-order valence-electron chi connectivity index (χ4n) is 1.74. The van der Waals surface area contributed by atoms with Crippen LogP contribution in [0.25, 0.3) is 0 Å². The summed E-state index contributed by atoms with van der Waals surface area (Å²) >= 11 is 6.05. The molecule has 0 bridgehead atoms. The van der Waals surface area contributed by atoms with Crippen LogP contribution >= 0.6 is 11.6 Å². The molecule has 2 aromatic rings. The number of methoxy groups -OCH3 is 1. The maximum absolute atomic E-state index is 12.2. The van der Waals surface area contributed by atoms with Gasteiger partial charge in [0.25, 0.3) is 5.91 Å². The largest absolute Gasteiger partial charge is 0.497 e. The Labute approximate surface area is 122 Å².